The molecule has 5 nitrogen and oxygen atoms in total. The Morgan fingerprint density at radius 3 is 2.74 bits per heavy atom. The zero-order valence-corrected chi connectivity index (χ0v) is 11.1. The van der Waals surface area contributed by atoms with E-state index in [0.717, 1.165) is 31.9 Å². The summed E-state index contributed by atoms with van der Waals surface area (Å²) < 4.78 is 10.7. The van der Waals surface area contributed by atoms with Gasteiger partial charge < -0.3 is 14.6 Å². The lowest BCUT2D eigenvalue weighted by molar-refractivity contribution is -0.0130. The number of hydrazine groups is 1. The molecular weight excluding hydrogens is 244 g/mol. The average molecular weight is 266 g/mol. The highest BCUT2D eigenvalue weighted by Crippen LogP contribution is 2.01. The van der Waals surface area contributed by atoms with Crippen LogP contribution in [0.1, 0.15) is 5.56 Å². The van der Waals surface area contributed by atoms with Crippen molar-refractivity contribution >= 4 is 0 Å². The average Bonchev–Trinajstić information content (AvgIpc) is 2.47. The van der Waals surface area contributed by atoms with Crippen LogP contribution < -0.4 is 5.43 Å². The molecule has 1 saturated heterocycles. The summed E-state index contributed by atoms with van der Waals surface area (Å²) >= 11 is 0. The van der Waals surface area contributed by atoms with E-state index < -0.39 is 6.10 Å². The normalized spacial score (nSPS) is 18.4. The van der Waals surface area contributed by atoms with Crippen LogP contribution in [0.5, 0.6) is 0 Å². The Balaban J connectivity index is 1.55. The zero-order valence-electron chi connectivity index (χ0n) is 11.1. The molecule has 1 aromatic rings. The molecule has 5 heteroatoms. The Morgan fingerprint density at radius 2 is 2.00 bits per heavy atom. The summed E-state index contributed by atoms with van der Waals surface area (Å²) in [5.41, 5.74) is 4.31. The number of ether oxygens (including phenoxy) is 2. The summed E-state index contributed by atoms with van der Waals surface area (Å²) in [5, 5.41) is 11.9. The van der Waals surface area contributed by atoms with Crippen LogP contribution in [-0.4, -0.2) is 55.7 Å². The van der Waals surface area contributed by atoms with Gasteiger partial charge in [-0.2, -0.15) is 0 Å². The molecular formula is C14H22N2O3. The van der Waals surface area contributed by atoms with Crippen LogP contribution in [0, 0.1) is 0 Å². The summed E-state index contributed by atoms with van der Waals surface area (Å²) in [6.45, 7) is 4.59. The van der Waals surface area contributed by atoms with E-state index in [1.807, 2.05) is 30.3 Å². The molecule has 0 aliphatic carbocycles. The Morgan fingerprint density at radius 1 is 1.26 bits per heavy atom. The first-order valence-electron chi connectivity index (χ1n) is 6.70. The fraction of sp³-hybridized carbons (Fsp3) is 0.571. The predicted molar refractivity (Wildman–Crippen MR) is 72.5 cm³/mol. The van der Waals surface area contributed by atoms with E-state index in [0.29, 0.717) is 19.8 Å². The molecule has 0 bridgehead atoms. The van der Waals surface area contributed by atoms with E-state index in [1.165, 1.54) is 0 Å². The van der Waals surface area contributed by atoms with Gasteiger partial charge >= 0.3 is 0 Å². The topological polar surface area (TPSA) is 54.0 Å². The van der Waals surface area contributed by atoms with Crippen molar-refractivity contribution in [1.29, 1.82) is 0 Å². The predicted octanol–water partition coefficient (Wildman–Crippen LogP) is 0.401. The lowest BCUT2D eigenvalue weighted by Gasteiger charge is -2.28. The van der Waals surface area contributed by atoms with Gasteiger partial charge in [0.05, 0.1) is 32.5 Å². The smallest absolute Gasteiger partial charge is 0.0911 e. The van der Waals surface area contributed by atoms with E-state index in [2.05, 4.69) is 10.4 Å². The first-order chi connectivity index (χ1) is 9.34. The van der Waals surface area contributed by atoms with E-state index in [-0.39, 0.29) is 0 Å². The molecule has 0 radical (unpaired) electrons. The zero-order chi connectivity index (χ0) is 13.3. The Hall–Kier alpha value is -0.980. The largest absolute Gasteiger partial charge is 0.389 e. The number of nitrogens with zero attached hydrogens (tertiary/aromatic N) is 1. The van der Waals surface area contributed by atoms with Crippen LogP contribution in [0.4, 0.5) is 0 Å². The quantitative estimate of drug-likeness (QED) is 0.748. The second kappa shape index (κ2) is 8.24. The maximum atomic E-state index is 9.81. The number of rotatable bonds is 7. The van der Waals surface area contributed by atoms with Crippen LogP contribution in [-0.2, 0) is 16.1 Å². The monoisotopic (exact) mass is 266 g/mol. The van der Waals surface area contributed by atoms with Crippen LogP contribution in [0.3, 0.4) is 0 Å². The second-order valence-electron chi connectivity index (χ2n) is 4.62. The van der Waals surface area contributed by atoms with Gasteiger partial charge in [-0.15, -0.1) is 0 Å². The lowest BCUT2D eigenvalue weighted by atomic mass is 10.2. The molecule has 0 amide bonds. The fourth-order valence-electron chi connectivity index (χ4n) is 1.90. The van der Waals surface area contributed by atoms with Crippen molar-refractivity contribution in [2.75, 3.05) is 39.5 Å². The molecule has 1 aromatic carbocycles. The molecule has 0 saturated carbocycles. The van der Waals surface area contributed by atoms with Gasteiger partial charge in [0.1, 0.15) is 0 Å². The van der Waals surface area contributed by atoms with Crippen molar-refractivity contribution in [2.24, 2.45) is 0 Å². The number of benzene rings is 1. The van der Waals surface area contributed by atoms with Gasteiger partial charge in [0.2, 0.25) is 0 Å². The maximum absolute atomic E-state index is 9.81. The molecule has 106 valence electrons. The molecule has 0 aromatic heterocycles. The molecule has 1 unspecified atom stereocenters. The van der Waals surface area contributed by atoms with Crippen molar-refractivity contribution in [3.63, 3.8) is 0 Å². The third-order valence-electron chi connectivity index (χ3n) is 2.98. The first kappa shape index (κ1) is 14.4. The van der Waals surface area contributed by atoms with E-state index >= 15 is 0 Å². The molecule has 1 heterocycles. The number of nitrogens with one attached hydrogen (secondary N) is 1. The Bertz CT molecular complexity index is 342. The number of aliphatic hydroxyl groups is 1. The molecule has 1 fully saturated rings. The molecule has 0 spiro atoms. The summed E-state index contributed by atoms with van der Waals surface area (Å²) in [4.78, 5) is 0. The number of hydrogen-bond donors (Lipinski definition) is 2. The highest BCUT2D eigenvalue weighted by molar-refractivity contribution is 5.13. The molecule has 2 rings (SSSR count). The van der Waals surface area contributed by atoms with Crippen LogP contribution in [0.25, 0.3) is 0 Å². The highest BCUT2D eigenvalue weighted by Gasteiger charge is 2.11. The minimum atomic E-state index is -0.494. The number of morpholine rings is 1. The Labute approximate surface area is 114 Å². The van der Waals surface area contributed by atoms with Gasteiger partial charge in [-0.25, -0.2) is 5.01 Å². The van der Waals surface area contributed by atoms with Gasteiger partial charge in [-0.3, -0.25) is 5.43 Å². The van der Waals surface area contributed by atoms with Crippen LogP contribution in [0.2, 0.25) is 0 Å². The second-order valence-corrected chi connectivity index (χ2v) is 4.62. The standard InChI is InChI=1S/C14H22N2O3/c17-14(10-15-16-6-8-18-9-7-16)12-19-11-13-4-2-1-3-5-13/h1-5,14-15,17H,6-12H2. The summed E-state index contributed by atoms with van der Waals surface area (Å²) in [6, 6.07) is 9.96. The van der Waals surface area contributed by atoms with E-state index in [9.17, 15) is 5.11 Å². The molecule has 1 aliphatic heterocycles. The fourth-order valence-corrected chi connectivity index (χ4v) is 1.90. The lowest BCUT2D eigenvalue weighted by Crippen LogP contribution is -2.48. The van der Waals surface area contributed by atoms with Gasteiger partial charge in [0.15, 0.2) is 0 Å². The number of aliphatic hydroxyl groups excluding tert-OH is 1. The SMILES string of the molecule is OC(CNN1CCOCC1)COCc1ccccc1. The summed E-state index contributed by atoms with van der Waals surface area (Å²) in [6.07, 6.45) is -0.494. The van der Waals surface area contributed by atoms with E-state index in [4.69, 9.17) is 9.47 Å². The molecule has 2 N–H and O–H groups in total. The minimum absolute atomic E-state index is 0.340. The maximum Gasteiger partial charge on any atom is 0.0911 e. The summed E-state index contributed by atoms with van der Waals surface area (Å²) in [5.74, 6) is 0. The van der Waals surface area contributed by atoms with Gasteiger partial charge in [0.25, 0.3) is 0 Å². The van der Waals surface area contributed by atoms with Gasteiger partial charge in [0, 0.05) is 19.6 Å². The highest BCUT2D eigenvalue weighted by atomic mass is 16.5. The molecule has 19 heavy (non-hydrogen) atoms. The third kappa shape index (κ3) is 5.67. The minimum Gasteiger partial charge on any atom is -0.389 e. The van der Waals surface area contributed by atoms with Crippen LogP contribution >= 0.6 is 0 Å². The summed E-state index contributed by atoms with van der Waals surface area (Å²) in [7, 11) is 0. The van der Waals surface area contributed by atoms with Crippen molar-refractivity contribution in [1.82, 2.24) is 10.4 Å². The molecule has 1 aliphatic rings. The third-order valence-corrected chi connectivity index (χ3v) is 2.98. The van der Waals surface area contributed by atoms with Crippen molar-refractivity contribution in [3.8, 4) is 0 Å². The van der Waals surface area contributed by atoms with Gasteiger partial charge in [-0.05, 0) is 5.56 Å². The van der Waals surface area contributed by atoms with Crippen molar-refractivity contribution in [2.45, 2.75) is 12.7 Å². The van der Waals surface area contributed by atoms with Gasteiger partial charge in [-0.1, -0.05) is 30.3 Å². The Kier molecular flexibility index (Phi) is 6.26. The van der Waals surface area contributed by atoms with Crippen molar-refractivity contribution in [3.05, 3.63) is 35.9 Å². The first-order valence-corrected chi connectivity index (χ1v) is 6.70. The number of hydrogen-bond acceptors (Lipinski definition) is 5. The van der Waals surface area contributed by atoms with Crippen molar-refractivity contribution < 1.29 is 14.6 Å². The van der Waals surface area contributed by atoms with E-state index in [1.54, 1.807) is 0 Å². The van der Waals surface area contributed by atoms with Crippen LogP contribution in [0.15, 0.2) is 30.3 Å². The molecule has 1 atom stereocenters.